The maximum absolute atomic E-state index is 10.8. The van der Waals surface area contributed by atoms with E-state index >= 15 is 0 Å². The first-order valence-electron chi connectivity index (χ1n) is 4.46. The van der Waals surface area contributed by atoms with Crippen LogP contribution in [0.4, 0.5) is 5.69 Å². The van der Waals surface area contributed by atoms with Gasteiger partial charge in [0.25, 0.3) is 0 Å². The van der Waals surface area contributed by atoms with E-state index in [9.17, 15) is 4.79 Å². The summed E-state index contributed by atoms with van der Waals surface area (Å²) in [7, 11) is 0. The molecule has 0 N–H and O–H groups in total. The fourth-order valence-electron chi connectivity index (χ4n) is 1.30. The number of hydrogen-bond donors (Lipinski definition) is 0. The maximum atomic E-state index is 10.8. The molecule has 0 aliphatic heterocycles. The number of benzene rings is 1. The Kier molecular flexibility index (Phi) is 4.32. The smallest absolute Gasteiger partial charge is 0.152 e. The molecule has 0 fully saturated rings. The summed E-state index contributed by atoms with van der Waals surface area (Å²) >= 11 is 5.75. The Labute approximate surface area is 98.3 Å². The number of carbonyl (C=O) groups is 1. The number of aldehydes is 1. The van der Waals surface area contributed by atoms with E-state index < -0.39 is 0 Å². The number of carbonyl (C=O) groups excluding carboxylic acids is 1. The summed E-state index contributed by atoms with van der Waals surface area (Å²) < 4.78 is 0. The zero-order chi connectivity index (χ0) is 12.0. The van der Waals surface area contributed by atoms with E-state index in [1.54, 1.807) is 12.1 Å². The largest absolute Gasteiger partial charge is 0.344 e. The Hall–Kier alpha value is -2.04. The third-order valence-electron chi connectivity index (χ3n) is 1.98. The van der Waals surface area contributed by atoms with Gasteiger partial charge in [-0.1, -0.05) is 11.6 Å². The molecule has 0 heterocycles. The summed E-state index contributed by atoms with van der Waals surface area (Å²) in [4.78, 5) is 12.4. The molecule has 0 aromatic heterocycles. The van der Waals surface area contributed by atoms with Gasteiger partial charge in [0.15, 0.2) is 6.29 Å². The van der Waals surface area contributed by atoms with Crippen LogP contribution in [0.25, 0.3) is 0 Å². The molecule has 1 aromatic rings. The minimum atomic E-state index is 0.0516. The van der Waals surface area contributed by atoms with Crippen molar-refractivity contribution in [3.05, 3.63) is 28.8 Å². The fourth-order valence-corrected chi connectivity index (χ4v) is 1.49. The summed E-state index contributed by atoms with van der Waals surface area (Å²) in [6, 6.07) is 8.63. The second kappa shape index (κ2) is 5.75. The van der Waals surface area contributed by atoms with Gasteiger partial charge in [-0.05, 0) is 18.2 Å². The minimum Gasteiger partial charge on any atom is -0.344 e. The first-order valence-corrected chi connectivity index (χ1v) is 4.84. The van der Waals surface area contributed by atoms with Gasteiger partial charge in [0.1, 0.15) is 13.1 Å². The molecule has 0 aliphatic carbocycles. The molecule has 0 saturated heterocycles. The monoisotopic (exact) mass is 233 g/mol. The molecule has 5 heteroatoms. The second-order valence-electron chi connectivity index (χ2n) is 2.99. The second-order valence-corrected chi connectivity index (χ2v) is 3.43. The van der Waals surface area contributed by atoms with Crippen molar-refractivity contribution in [1.29, 1.82) is 10.5 Å². The van der Waals surface area contributed by atoms with E-state index in [0.717, 1.165) is 0 Å². The van der Waals surface area contributed by atoms with E-state index in [4.69, 9.17) is 22.1 Å². The molecular formula is C11H8ClN3O. The highest BCUT2D eigenvalue weighted by atomic mass is 35.5. The number of nitrogens with zero attached hydrogens (tertiary/aromatic N) is 3. The summed E-state index contributed by atoms with van der Waals surface area (Å²) in [5.41, 5.74) is 0.917. The number of anilines is 1. The van der Waals surface area contributed by atoms with Crippen LogP contribution in [0.15, 0.2) is 18.2 Å². The highest BCUT2D eigenvalue weighted by Crippen LogP contribution is 2.22. The lowest BCUT2D eigenvalue weighted by Gasteiger charge is -2.19. The number of hydrogen-bond acceptors (Lipinski definition) is 4. The van der Waals surface area contributed by atoms with Crippen molar-refractivity contribution in [3.63, 3.8) is 0 Å². The Bertz CT molecular complexity index is 457. The highest BCUT2D eigenvalue weighted by molar-refractivity contribution is 6.31. The lowest BCUT2D eigenvalue weighted by Crippen LogP contribution is -2.24. The number of nitriles is 2. The van der Waals surface area contributed by atoms with E-state index in [1.165, 1.54) is 11.0 Å². The Morgan fingerprint density at radius 1 is 1.31 bits per heavy atom. The van der Waals surface area contributed by atoms with Gasteiger partial charge < -0.3 is 4.90 Å². The van der Waals surface area contributed by atoms with Gasteiger partial charge in [-0.3, -0.25) is 4.79 Å². The third kappa shape index (κ3) is 2.73. The molecular weight excluding hydrogens is 226 g/mol. The van der Waals surface area contributed by atoms with Crippen LogP contribution in [0.5, 0.6) is 0 Å². The molecule has 0 spiro atoms. The van der Waals surface area contributed by atoms with E-state index in [-0.39, 0.29) is 13.1 Å². The predicted octanol–water partition coefficient (Wildman–Crippen LogP) is 2.01. The molecule has 0 radical (unpaired) electrons. The molecule has 0 unspecified atom stereocenters. The van der Waals surface area contributed by atoms with Crippen molar-refractivity contribution in [1.82, 2.24) is 0 Å². The van der Waals surface area contributed by atoms with Gasteiger partial charge in [-0.2, -0.15) is 10.5 Å². The average Bonchev–Trinajstić information content (AvgIpc) is 2.28. The molecule has 0 saturated carbocycles. The van der Waals surface area contributed by atoms with Crippen LogP contribution in [0, 0.1) is 22.7 Å². The van der Waals surface area contributed by atoms with Crippen LogP contribution >= 0.6 is 11.6 Å². The van der Waals surface area contributed by atoms with E-state index in [2.05, 4.69) is 0 Å². The Morgan fingerprint density at radius 3 is 2.44 bits per heavy atom. The number of halogens is 1. The van der Waals surface area contributed by atoms with E-state index in [1.807, 2.05) is 12.1 Å². The van der Waals surface area contributed by atoms with Crippen LogP contribution in [0.3, 0.4) is 0 Å². The van der Waals surface area contributed by atoms with Crippen LogP contribution < -0.4 is 4.90 Å². The molecule has 0 atom stereocenters. The van der Waals surface area contributed by atoms with Crippen molar-refractivity contribution in [2.75, 3.05) is 18.0 Å². The Balaban J connectivity index is 3.14. The number of rotatable bonds is 4. The van der Waals surface area contributed by atoms with Gasteiger partial charge in [0, 0.05) is 16.3 Å². The van der Waals surface area contributed by atoms with Crippen molar-refractivity contribution in [2.24, 2.45) is 0 Å². The minimum absolute atomic E-state index is 0.0516. The van der Waals surface area contributed by atoms with Crippen molar-refractivity contribution >= 4 is 23.6 Å². The molecule has 0 amide bonds. The third-order valence-corrected chi connectivity index (χ3v) is 2.22. The lowest BCUT2D eigenvalue weighted by molar-refractivity contribution is 0.112. The van der Waals surface area contributed by atoms with Gasteiger partial charge in [0.2, 0.25) is 0 Å². The van der Waals surface area contributed by atoms with Gasteiger partial charge >= 0.3 is 0 Å². The standard InChI is InChI=1S/C11H8ClN3O/c12-10-1-2-11(9(7-10)8-16)15(5-3-13)6-4-14/h1-2,7-8H,5-6H2. The summed E-state index contributed by atoms with van der Waals surface area (Å²) in [6.07, 6.45) is 0.656. The van der Waals surface area contributed by atoms with Gasteiger partial charge in [-0.15, -0.1) is 0 Å². The van der Waals surface area contributed by atoms with Crippen LogP contribution in [0.2, 0.25) is 5.02 Å². The fraction of sp³-hybridized carbons (Fsp3) is 0.182. The van der Waals surface area contributed by atoms with E-state index in [0.29, 0.717) is 22.6 Å². The molecule has 4 nitrogen and oxygen atoms in total. The summed E-state index contributed by atoms with van der Waals surface area (Å²) in [5.74, 6) is 0. The predicted molar refractivity (Wildman–Crippen MR) is 60.3 cm³/mol. The van der Waals surface area contributed by atoms with Crippen LogP contribution in [0.1, 0.15) is 10.4 Å². The first kappa shape index (κ1) is 12.0. The normalized spacial score (nSPS) is 8.94. The average molecular weight is 234 g/mol. The van der Waals surface area contributed by atoms with Crippen LogP contribution in [-0.2, 0) is 0 Å². The molecule has 0 aliphatic rings. The zero-order valence-electron chi connectivity index (χ0n) is 8.35. The quantitative estimate of drug-likeness (QED) is 0.589. The molecule has 1 rings (SSSR count). The Morgan fingerprint density at radius 2 is 1.94 bits per heavy atom. The van der Waals surface area contributed by atoms with Gasteiger partial charge in [-0.25, -0.2) is 0 Å². The first-order chi connectivity index (χ1) is 7.72. The van der Waals surface area contributed by atoms with Gasteiger partial charge in [0.05, 0.1) is 12.1 Å². The molecule has 16 heavy (non-hydrogen) atoms. The molecule has 80 valence electrons. The molecule has 0 bridgehead atoms. The highest BCUT2D eigenvalue weighted by Gasteiger charge is 2.10. The zero-order valence-corrected chi connectivity index (χ0v) is 9.11. The SMILES string of the molecule is N#CCN(CC#N)c1ccc(Cl)cc1C=O. The lowest BCUT2D eigenvalue weighted by atomic mass is 10.1. The van der Waals surface area contributed by atoms with Crippen molar-refractivity contribution in [3.8, 4) is 12.1 Å². The summed E-state index contributed by atoms with van der Waals surface area (Å²) in [6.45, 7) is 0.103. The van der Waals surface area contributed by atoms with Crippen molar-refractivity contribution < 1.29 is 4.79 Å². The van der Waals surface area contributed by atoms with Crippen LogP contribution in [-0.4, -0.2) is 19.4 Å². The topological polar surface area (TPSA) is 67.9 Å². The van der Waals surface area contributed by atoms with Crippen molar-refractivity contribution in [2.45, 2.75) is 0 Å². The maximum Gasteiger partial charge on any atom is 0.152 e. The molecule has 1 aromatic carbocycles. The summed E-state index contributed by atoms with van der Waals surface area (Å²) in [5, 5.41) is 17.7.